The minimum absolute atomic E-state index is 0.0799. The first-order chi connectivity index (χ1) is 16.0. The first kappa shape index (κ1) is 26.7. The largest absolute Gasteiger partial charge is 0.481 e. The van der Waals surface area contributed by atoms with E-state index in [0.29, 0.717) is 38.0 Å². The predicted octanol–water partition coefficient (Wildman–Crippen LogP) is 4.90. The van der Waals surface area contributed by atoms with Crippen molar-refractivity contribution >= 4 is 11.9 Å². The van der Waals surface area contributed by atoms with Gasteiger partial charge in [-0.25, -0.2) is 0 Å². The molecule has 190 valence electrons. The van der Waals surface area contributed by atoms with E-state index in [2.05, 4.69) is 17.4 Å². The molecule has 1 aromatic carbocycles. The number of rotatable bonds is 10. The highest BCUT2D eigenvalue weighted by molar-refractivity contribution is 5.84. The second-order valence-corrected chi connectivity index (χ2v) is 11.8. The molecule has 1 aromatic rings. The van der Waals surface area contributed by atoms with Crippen LogP contribution in [0.4, 0.5) is 0 Å². The molecule has 6 nitrogen and oxygen atoms in total. The first-order valence-corrected chi connectivity index (χ1v) is 12.8. The maximum Gasteiger partial charge on any atom is 0.306 e. The molecule has 3 N–H and O–H groups in total. The van der Waals surface area contributed by atoms with Crippen molar-refractivity contribution in [3.05, 3.63) is 35.9 Å². The predicted molar refractivity (Wildman–Crippen MR) is 133 cm³/mol. The van der Waals surface area contributed by atoms with E-state index in [4.69, 9.17) is 4.74 Å². The molecule has 0 spiro atoms. The fraction of sp³-hybridized carbons (Fsp3) is 0.714. The number of methoxy groups -OCH3 is 1. The van der Waals surface area contributed by atoms with Gasteiger partial charge in [0.1, 0.15) is 0 Å². The highest BCUT2D eigenvalue weighted by atomic mass is 16.5. The first-order valence-electron chi connectivity index (χ1n) is 12.8. The summed E-state index contributed by atoms with van der Waals surface area (Å²) in [7, 11) is 1.63. The summed E-state index contributed by atoms with van der Waals surface area (Å²) in [6.07, 6.45) is 6.06. The van der Waals surface area contributed by atoms with E-state index in [1.807, 2.05) is 39.0 Å². The molecular formula is C28H43NO5. The van der Waals surface area contributed by atoms with Crippen LogP contribution in [-0.4, -0.2) is 47.4 Å². The number of benzene rings is 1. The molecule has 4 atom stereocenters. The van der Waals surface area contributed by atoms with Crippen molar-refractivity contribution in [2.24, 2.45) is 16.7 Å². The van der Waals surface area contributed by atoms with Crippen LogP contribution in [0.25, 0.3) is 0 Å². The van der Waals surface area contributed by atoms with Crippen molar-refractivity contribution in [2.75, 3.05) is 13.7 Å². The zero-order valence-corrected chi connectivity index (χ0v) is 21.3. The van der Waals surface area contributed by atoms with Crippen molar-refractivity contribution in [1.82, 2.24) is 5.32 Å². The smallest absolute Gasteiger partial charge is 0.306 e. The highest BCUT2D eigenvalue weighted by Crippen LogP contribution is 2.47. The molecule has 0 saturated heterocycles. The Labute approximate surface area is 204 Å². The minimum atomic E-state index is -0.868. The van der Waals surface area contributed by atoms with Crippen molar-refractivity contribution < 1.29 is 24.5 Å². The number of aliphatic carboxylic acids is 1. The van der Waals surface area contributed by atoms with Gasteiger partial charge in [0.25, 0.3) is 0 Å². The molecule has 0 radical (unpaired) electrons. The van der Waals surface area contributed by atoms with Crippen LogP contribution in [0.15, 0.2) is 30.3 Å². The van der Waals surface area contributed by atoms with E-state index >= 15 is 0 Å². The summed E-state index contributed by atoms with van der Waals surface area (Å²) in [5.74, 6) is -1.30. The Bertz CT molecular complexity index is 827. The number of carboxylic acid groups (broad SMARTS) is 1. The van der Waals surface area contributed by atoms with E-state index in [0.717, 1.165) is 25.7 Å². The van der Waals surface area contributed by atoms with Crippen molar-refractivity contribution in [3.8, 4) is 0 Å². The van der Waals surface area contributed by atoms with E-state index in [9.17, 15) is 19.8 Å². The van der Waals surface area contributed by atoms with Gasteiger partial charge in [0.2, 0.25) is 5.91 Å². The molecule has 2 saturated carbocycles. The molecule has 6 heteroatoms. The summed E-state index contributed by atoms with van der Waals surface area (Å²) in [5, 5.41) is 23.6. The number of carboxylic acids is 1. The summed E-state index contributed by atoms with van der Waals surface area (Å²) in [6.45, 7) is 6.04. The van der Waals surface area contributed by atoms with Crippen LogP contribution in [-0.2, 0) is 14.3 Å². The number of hydrogen-bond donors (Lipinski definition) is 3. The van der Waals surface area contributed by atoms with Crippen LogP contribution in [0, 0.1) is 16.7 Å². The SMILES string of the molecule is COC(CC(CC1(C(=O)NC2(CO)CCC(c3ccccc3)C2)CCCC1)C(=O)O)C(C)(C)C. The Morgan fingerprint density at radius 2 is 1.79 bits per heavy atom. The van der Waals surface area contributed by atoms with Crippen molar-refractivity contribution in [2.45, 2.75) is 96.1 Å². The van der Waals surface area contributed by atoms with Crippen LogP contribution < -0.4 is 5.32 Å². The molecule has 0 bridgehead atoms. The van der Waals surface area contributed by atoms with E-state index in [1.165, 1.54) is 5.56 Å². The molecular weight excluding hydrogens is 430 g/mol. The maximum atomic E-state index is 13.8. The van der Waals surface area contributed by atoms with Crippen LogP contribution in [0.5, 0.6) is 0 Å². The lowest BCUT2D eigenvalue weighted by Crippen LogP contribution is -2.54. The van der Waals surface area contributed by atoms with Gasteiger partial charge in [-0.05, 0) is 61.8 Å². The fourth-order valence-corrected chi connectivity index (χ4v) is 6.19. The standard InChI is InChI=1S/C28H43NO5/c1-26(2,3)23(34-4)16-22(24(31)32)17-27(13-8-9-14-27)25(33)29-28(19-30)15-12-21(18-28)20-10-6-5-7-11-20/h5-7,10-11,21-23,30H,8-9,12-19H2,1-4H3,(H,29,33)(H,31,32). The third kappa shape index (κ3) is 6.01. The Balaban J connectivity index is 1.76. The average molecular weight is 474 g/mol. The summed E-state index contributed by atoms with van der Waals surface area (Å²) in [4.78, 5) is 26.1. The number of aliphatic hydroxyl groups excluding tert-OH is 1. The van der Waals surface area contributed by atoms with E-state index in [-0.39, 0.29) is 24.0 Å². The molecule has 34 heavy (non-hydrogen) atoms. The third-order valence-electron chi connectivity index (χ3n) is 8.34. The maximum absolute atomic E-state index is 13.8. The Morgan fingerprint density at radius 1 is 1.15 bits per heavy atom. The summed E-state index contributed by atoms with van der Waals surface area (Å²) >= 11 is 0. The molecule has 0 aromatic heterocycles. The molecule has 0 heterocycles. The number of ether oxygens (including phenoxy) is 1. The molecule has 3 rings (SSSR count). The van der Waals surface area contributed by atoms with Gasteiger partial charge < -0.3 is 20.3 Å². The monoisotopic (exact) mass is 473 g/mol. The summed E-state index contributed by atoms with van der Waals surface area (Å²) < 4.78 is 5.65. The molecule has 2 aliphatic carbocycles. The third-order valence-corrected chi connectivity index (χ3v) is 8.34. The van der Waals surface area contributed by atoms with Crippen molar-refractivity contribution in [3.63, 3.8) is 0 Å². The van der Waals surface area contributed by atoms with Gasteiger partial charge >= 0.3 is 5.97 Å². The van der Waals surface area contributed by atoms with Gasteiger partial charge in [0.15, 0.2) is 0 Å². The number of carbonyl (C=O) groups excluding carboxylic acids is 1. The van der Waals surface area contributed by atoms with Crippen LogP contribution >= 0.6 is 0 Å². The molecule has 2 aliphatic rings. The zero-order chi connectivity index (χ0) is 25.0. The Hall–Kier alpha value is -1.92. The fourth-order valence-electron chi connectivity index (χ4n) is 6.19. The molecule has 2 fully saturated rings. The van der Waals surface area contributed by atoms with E-state index in [1.54, 1.807) is 7.11 Å². The normalized spacial score (nSPS) is 26.2. The van der Waals surface area contributed by atoms with Gasteiger partial charge in [-0.15, -0.1) is 0 Å². The Kier molecular flexibility index (Phi) is 8.46. The van der Waals surface area contributed by atoms with Gasteiger partial charge in [0.05, 0.1) is 29.6 Å². The second kappa shape index (κ2) is 10.8. The van der Waals surface area contributed by atoms with Gasteiger partial charge in [-0.1, -0.05) is 63.9 Å². The van der Waals surface area contributed by atoms with Crippen LogP contribution in [0.3, 0.4) is 0 Å². The minimum Gasteiger partial charge on any atom is -0.481 e. The number of nitrogens with one attached hydrogen (secondary N) is 1. The van der Waals surface area contributed by atoms with Gasteiger partial charge in [-0.3, -0.25) is 9.59 Å². The zero-order valence-electron chi connectivity index (χ0n) is 21.3. The van der Waals surface area contributed by atoms with Crippen LogP contribution in [0.2, 0.25) is 0 Å². The van der Waals surface area contributed by atoms with Crippen molar-refractivity contribution in [1.29, 1.82) is 0 Å². The lowest BCUT2D eigenvalue weighted by atomic mass is 9.73. The summed E-state index contributed by atoms with van der Waals surface area (Å²) in [5.41, 5.74) is -0.301. The lowest BCUT2D eigenvalue weighted by molar-refractivity contribution is -0.147. The number of amides is 1. The average Bonchev–Trinajstić information content (AvgIpc) is 3.45. The number of hydrogen-bond acceptors (Lipinski definition) is 4. The Morgan fingerprint density at radius 3 is 2.32 bits per heavy atom. The quantitative estimate of drug-likeness (QED) is 0.449. The molecule has 1 amide bonds. The van der Waals surface area contributed by atoms with Gasteiger partial charge in [0, 0.05) is 7.11 Å². The topological polar surface area (TPSA) is 95.9 Å². The highest BCUT2D eigenvalue weighted by Gasteiger charge is 2.49. The number of carbonyl (C=O) groups is 2. The van der Waals surface area contributed by atoms with Gasteiger partial charge in [-0.2, -0.15) is 0 Å². The molecule has 0 aliphatic heterocycles. The summed E-state index contributed by atoms with van der Waals surface area (Å²) in [6, 6.07) is 10.3. The molecule has 4 unspecified atom stereocenters. The number of aliphatic hydroxyl groups is 1. The lowest BCUT2D eigenvalue weighted by Gasteiger charge is -2.38. The second-order valence-electron chi connectivity index (χ2n) is 11.8. The van der Waals surface area contributed by atoms with Crippen LogP contribution in [0.1, 0.15) is 90.0 Å². The van der Waals surface area contributed by atoms with E-state index < -0.39 is 22.8 Å².